The normalized spacial score (nSPS) is 11.5. The topological polar surface area (TPSA) is 63.2 Å². The summed E-state index contributed by atoms with van der Waals surface area (Å²) in [7, 11) is -3.87. The second-order valence-electron chi connectivity index (χ2n) is 4.04. The van der Waals surface area contributed by atoms with Crippen molar-refractivity contribution >= 4 is 61.4 Å². The molecule has 0 aliphatic carbocycles. The first-order chi connectivity index (χ1) is 10.5. The molecule has 0 bridgehead atoms. The van der Waals surface area contributed by atoms with Gasteiger partial charge in [-0.25, -0.2) is 0 Å². The van der Waals surface area contributed by atoms with Crippen LogP contribution in [0.25, 0.3) is 10.7 Å². The van der Waals surface area contributed by atoms with Crippen molar-refractivity contribution in [3.05, 3.63) is 46.8 Å². The number of nitrogens with zero attached hydrogens (tertiary/aromatic N) is 3. The lowest BCUT2D eigenvalue weighted by Gasteiger charge is -2.11. The number of hydrogen-bond acceptors (Lipinski definition) is 6. The summed E-state index contributed by atoms with van der Waals surface area (Å²) in [6.45, 7) is 0. The first-order valence-electron chi connectivity index (χ1n) is 5.84. The highest BCUT2D eigenvalue weighted by molar-refractivity contribution is 7.94. The molecule has 0 aliphatic rings. The minimum absolute atomic E-state index is 0.0741. The molecular formula is C12H7Cl2N3O2S3. The molecule has 3 aromatic rings. The molecular weight excluding hydrogens is 385 g/mol. The predicted molar refractivity (Wildman–Crippen MR) is 90.2 cm³/mol. The lowest BCUT2D eigenvalue weighted by molar-refractivity contribution is 0.598. The SMILES string of the molecule is O=S(=O)(c1ccccc1)N(Cl)c1nc(-c2ccc(Cl)s2)ns1. The van der Waals surface area contributed by atoms with E-state index in [4.69, 9.17) is 23.4 Å². The lowest BCUT2D eigenvalue weighted by Crippen LogP contribution is -2.21. The summed E-state index contributed by atoms with van der Waals surface area (Å²) in [5.41, 5.74) is 0. The fourth-order valence-corrected chi connectivity index (χ4v) is 4.84. The van der Waals surface area contributed by atoms with Crippen LogP contribution in [0.15, 0.2) is 47.4 Å². The van der Waals surface area contributed by atoms with E-state index < -0.39 is 10.0 Å². The zero-order valence-corrected chi connectivity index (χ0v) is 14.6. The summed E-state index contributed by atoms with van der Waals surface area (Å²) in [5, 5.41) is 0.0741. The number of thiophene rings is 1. The highest BCUT2D eigenvalue weighted by atomic mass is 35.5. The number of anilines is 1. The fraction of sp³-hybridized carbons (Fsp3) is 0. The van der Waals surface area contributed by atoms with Crippen LogP contribution in [0.5, 0.6) is 0 Å². The number of halogens is 2. The Bertz CT molecular complexity index is 893. The van der Waals surface area contributed by atoms with E-state index in [1.54, 1.807) is 30.3 Å². The van der Waals surface area contributed by atoms with Crippen molar-refractivity contribution in [2.45, 2.75) is 4.90 Å². The molecule has 22 heavy (non-hydrogen) atoms. The van der Waals surface area contributed by atoms with Crippen LogP contribution in [-0.2, 0) is 10.0 Å². The maximum absolute atomic E-state index is 12.4. The Morgan fingerprint density at radius 2 is 1.82 bits per heavy atom. The van der Waals surface area contributed by atoms with Crippen molar-refractivity contribution in [3.63, 3.8) is 0 Å². The van der Waals surface area contributed by atoms with Crippen LogP contribution in [0.4, 0.5) is 5.13 Å². The molecule has 0 saturated carbocycles. The van der Waals surface area contributed by atoms with Gasteiger partial charge in [0.25, 0.3) is 10.0 Å². The minimum atomic E-state index is -3.87. The van der Waals surface area contributed by atoms with Crippen molar-refractivity contribution in [1.29, 1.82) is 0 Å². The fourth-order valence-electron chi connectivity index (χ4n) is 1.61. The number of aromatic nitrogens is 2. The minimum Gasteiger partial charge on any atom is -0.200 e. The van der Waals surface area contributed by atoms with Crippen molar-refractivity contribution in [2.75, 3.05) is 3.82 Å². The van der Waals surface area contributed by atoms with Gasteiger partial charge in [0, 0.05) is 23.3 Å². The molecule has 10 heteroatoms. The van der Waals surface area contributed by atoms with Gasteiger partial charge in [-0.3, -0.25) is 0 Å². The van der Waals surface area contributed by atoms with Crippen LogP contribution < -0.4 is 3.82 Å². The summed E-state index contributed by atoms with van der Waals surface area (Å²) in [6, 6.07) is 11.4. The molecule has 0 amide bonds. The Morgan fingerprint density at radius 1 is 1.09 bits per heavy atom. The number of rotatable bonds is 4. The van der Waals surface area contributed by atoms with Gasteiger partial charge in [-0.15, -0.1) is 15.2 Å². The summed E-state index contributed by atoms with van der Waals surface area (Å²) in [6.07, 6.45) is 0. The number of benzene rings is 1. The monoisotopic (exact) mass is 391 g/mol. The van der Waals surface area contributed by atoms with Gasteiger partial charge in [0.15, 0.2) is 5.82 Å². The van der Waals surface area contributed by atoms with Crippen LogP contribution >= 0.6 is 46.2 Å². The predicted octanol–water partition coefficient (Wildman–Crippen LogP) is 4.27. The van der Waals surface area contributed by atoms with Gasteiger partial charge in [-0.05, 0) is 24.3 Å². The van der Waals surface area contributed by atoms with Gasteiger partial charge in [-0.1, -0.05) is 29.8 Å². The Hall–Kier alpha value is -1.19. The third-order valence-electron chi connectivity index (χ3n) is 2.61. The van der Waals surface area contributed by atoms with E-state index >= 15 is 0 Å². The lowest BCUT2D eigenvalue weighted by atomic mass is 10.4. The summed E-state index contributed by atoms with van der Waals surface area (Å²) < 4.78 is 30.1. The smallest absolute Gasteiger partial charge is 0.200 e. The Labute approximate surface area is 145 Å². The maximum atomic E-state index is 12.4. The second-order valence-corrected chi connectivity index (χ2v) is 8.81. The van der Waals surface area contributed by atoms with Gasteiger partial charge >= 0.3 is 0 Å². The van der Waals surface area contributed by atoms with E-state index in [1.807, 2.05) is 0 Å². The number of sulfonamides is 1. The third-order valence-corrected chi connectivity index (χ3v) is 6.92. The van der Waals surface area contributed by atoms with Gasteiger partial charge in [0.05, 0.1) is 14.1 Å². The van der Waals surface area contributed by atoms with E-state index in [2.05, 4.69) is 9.36 Å². The maximum Gasteiger partial charge on any atom is 0.280 e. The van der Waals surface area contributed by atoms with Crippen molar-refractivity contribution in [3.8, 4) is 10.7 Å². The van der Waals surface area contributed by atoms with E-state index in [0.717, 1.165) is 16.4 Å². The molecule has 0 aliphatic heterocycles. The summed E-state index contributed by atoms with van der Waals surface area (Å²) in [4.78, 5) is 4.99. The zero-order valence-electron chi connectivity index (χ0n) is 10.7. The Morgan fingerprint density at radius 3 is 2.45 bits per heavy atom. The first-order valence-corrected chi connectivity index (χ1v) is 9.58. The largest absolute Gasteiger partial charge is 0.280 e. The average molecular weight is 392 g/mol. The molecule has 114 valence electrons. The molecule has 5 nitrogen and oxygen atoms in total. The van der Waals surface area contributed by atoms with Crippen molar-refractivity contribution in [1.82, 2.24) is 9.36 Å². The van der Waals surface area contributed by atoms with Crippen molar-refractivity contribution < 1.29 is 8.42 Å². The molecule has 2 heterocycles. The second kappa shape index (κ2) is 6.13. The molecule has 0 atom stereocenters. The van der Waals surface area contributed by atoms with E-state index in [-0.39, 0.29) is 10.0 Å². The van der Waals surface area contributed by atoms with Crippen LogP contribution in [0.1, 0.15) is 0 Å². The Balaban J connectivity index is 1.93. The average Bonchev–Trinajstić information content (AvgIpc) is 3.16. The molecule has 0 spiro atoms. The van der Waals surface area contributed by atoms with Gasteiger partial charge in [0.2, 0.25) is 5.13 Å². The zero-order chi connectivity index (χ0) is 15.7. The molecule has 0 saturated heterocycles. The van der Waals surface area contributed by atoms with Crippen LogP contribution in [-0.4, -0.2) is 17.8 Å². The highest BCUT2D eigenvalue weighted by Crippen LogP contribution is 2.33. The molecule has 2 aromatic heterocycles. The van der Waals surface area contributed by atoms with Gasteiger partial charge in [0.1, 0.15) is 0 Å². The summed E-state index contributed by atoms with van der Waals surface area (Å²) in [5.74, 6) is 0.394. The van der Waals surface area contributed by atoms with Gasteiger partial charge in [-0.2, -0.15) is 17.8 Å². The molecule has 0 fully saturated rings. The van der Waals surface area contributed by atoms with Crippen molar-refractivity contribution in [2.24, 2.45) is 0 Å². The van der Waals surface area contributed by atoms with Crippen LogP contribution in [0.2, 0.25) is 4.34 Å². The molecule has 0 unspecified atom stereocenters. The third kappa shape index (κ3) is 2.97. The molecule has 1 aromatic carbocycles. The molecule has 3 rings (SSSR count). The van der Waals surface area contributed by atoms with Crippen LogP contribution in [0.3, 0.4) is 0 Å². The van der Waals surface area contributed by atoms with Gasteiger partial charge < -0.3 is 0 Å². The van der Waals surface area contributed by atoms with E-state index in [1.165, 1.54) is 23.5 Å². The van der Waals surface area contributed by atoms with Crippen LogP contribution in [0, 0.1) is 0 Å². The number of hydrogen-bond donors (Lipinski definition) is 0. The molecule has 0 N–H and O–H groups in total. The molecule has 0 radical (unpaired) electrons. The highest BCUT2D eigenvalue weighted by Gasteiger charge is 2.26. The quantitative estimate of drug-likeness (QED) is 0.622. The van der Waals surface area contributed by atoms with E-state index in [0.29, 0.717) is 14.0 Å². The standard InChI is InChI=1S/C12H7Cl2N3O2S3/c13-10-7-6-9(20-10)11-15-12(21-16-11)17(14)22(18,19)8-4-2-1-3-5-8/h1-7H. The van der Waals surface area contributed by atoms with E-state index in [9.17, 15) is 8.42 Å². The Kier molecular flexibility index (Phi) is 4.37. The summed E-state index contributed by atoms with van der Waals surface area (Å²) >= 11 is 14.0. The first kappa shape index (κ1) is 15.7.